The molecular formula is C21H18N6O8S4. The highest BCUT2D eigenvalue weighted by Crippen LogP contribution is 2.42. The third-order valence-electron chi connectivity index (χ3n) is 5.48. The minimum Gasteiger partial charge on any atom is -0.453 e. The van der Waals surface area contributed by atoms with Crippen molar-refractivity contribution in [3.05, 3.63) is 56.3 Å². The zero-order valence-corrected chi connectivity index (χ0v) is 23.4. The van der Waals surface area contributed by atoms with Crippen molar-refractivity contribution >= 4 is 69.9 Å². The number of aromatic nitrogens is 3. The molecule has 5 rings (SSSR count). The SMILES string of the molecule is CO/N=C(/C(=O)NC1C(=O)N2C(C(=O)OCc3oc(=O)oc3C)=C(CSc3ncns3)CS[C@H]12)c1cscn1. The van der Waals surface area contributed by atoms with E-state index in [4.69, 9.17) is 18.4 Å². The predicted molar refractivity (Wildman–Crippen MR) is 140 cm³/mol. The van der Waals surface area contributed by atoms with Gasteiger partial charge >= 0.3 is 11.8 Å². The largest absolute Gasteiger partial charge is 0.519 e. The lowest BCUT2D eigenvalue weighted by Crippen LogP contribution is -2.71. The van der Waals surface area contributed by atoms with Gasteiger partial charge in [0.25, 0.3) is 11.8 Å². The van der Waals surface area contributed by atoms with Gasteiger partial charge in [0.05, 0.1) is 5.51 Å². The quantitative estimate of drug-likeness (QED) is 0.115. The Balaban J connectivity index is 1.35. The molecule has 3 aromatic heterocycles. The Labute approximate surface area is 236 Å². The van der Waals surface area contributed by atoms with E-state index in [0.717, 1.165) is 0 Å². The number of nitrogens with one attached hydrogen (secondary N) is 1. The van der Waals surface area contributed by atoms with Gasteiger partial charge in [0.1, 0.15) is 36.2 Å². The smallest absolute Gasteiger partial charge is 0.453 e. The van der Waals surface area contributed by atoms with Crippen LogP contribution in [0.15, 0.2) is 51.6 Å². The number of ether oxygens (including phenoxy) is 1. The predicted octanol–water partition coefficient (Wildman–Crippen LogP) is 1.39. The number of hydrogen-bond acceptors (Lipinski definition) is 16. The van der Waals surface area contributed by atoms with Crippen molar-refractivity contribution in [2.45, 2.75) is 29.3 Å². The lowest BCUT2D eigenvalue weighted by atomic mass is 10.0. The molecule has 1 N–H and O–H groups in total. The summed E-state index contributed by atoms with van der Waals surface area (Å²) in [7, 11) is 1.30. The van der Waals surface area contributed by atoms with Gasteiger partial charge in [0.15, 0.2) is 28.2 Å². The molecule has 0 spiro atoms. The van der Waals surface area contributed by atoms with Crippen LogP contribution in [-0.4, -0.2) is 72.8 Å². The molecule has 0 bridgehead atoms. The van der Waals surface area contributed by atoms with Crippen molar-refractivity contribution in [1.29, 1.82) is 0 Å². The molecule has 2 amide bonds. The number of aryl methyl sites for hydroxylation is 1. The number of esters is 1. The van der Waals surface area contributed by atoms with Crippen molar-refractivity contribution in [1.82, 2.24) is 24.6 Å². The Morgan fingerprint density at radius 1 is 1.31 bits per heavy atom. The number of nitrogens with zero attached hydrogens (tertiary/aromatic N) is 5. The van der Waals surface area contributed by atoms with E-state index in [1.807, 2.05) is 0 Å². The summed E-state index contributed by atoms with van der Waals surface area (Å²) in [6, 6.07) is -0.919. The minimum atomic E-state index is -0.919. The maximum atomic E-state index is 13.3. The van der Waals surface area contributed by atoms with Crippen LogP contribution in [0.3, 0.4) is 0 Å². The number of oxime groups is 1. The number of amides is 2. The molecule has 3 aromatic rings. The molecule has 14 nitrogen and oxygen atoms in total. The average Bonchev–Trinajstić information content (AvgIpc) is 3.70. The fourth-order valence-corrected chi connectivity index (χ4v) is 7.16. The van der Waals surface area contributed by atoms with Gasteiger partial charge in [-0.3, -0.25) is 14.5 Å². The van der Waals surface area contributed by atoms with Gasteiger partial charge in [-0.1, -0.05) is 16.9 Å². The summed E-state index contributed by atoms with van der Waals surface area (Å²) in [5.74, 6) is -1.83. The monoisotopic (exact) mass is 610 g/mol. The summed E-state index contributed by atoms with van der Waals surface area (Å²) in [6.45, 7) is 1.14. The van der Waals surface area contributed by atoms with Gasteiger partial charge in [-0.05, 0) is 24.0 Å². The van der Waals surface area contributed by atoms with Crippen LogP contribution in [0, 0.1) is 6.92 Å². The first-order valence-electron chi connectivity index (χ1n) is 11.0. The van der Waals surface area contributed by atoms with Gasteiger partial charge in [-0.15, -0.1) is 23.1 Å². The Bertz CT molecular complexity index is 1500. The number of rotatable bonds is 10. The van der Waals surface area contributed by atoms with Crippen molar-refractivity contribution in [3.8, 4) is 0 Å². The van der Waals surface area contributed by atoms with Crippen molar-refractivity contribution in [2.24, 2.45) is 5.16 Å². The zero-order valence-electron chi connectivity index (χ0n) is 20.1. The number of hydrogen-bond donors (Lipinski definition) is 1. The Hall–Kier alpha value is -3.48. The van der Waals surface area contributed by atoms with Crippen LogP contribution in [0.2, 0.25) is 0 Å². The van der Waals surface area contributed by atoms with Crippen LogP contribution < -0.4 is 11.1 Å². The molecule has 2 aliphatic heterocycles. The van der Waals surface area contributed by atoms with E-state index in [1.165, 1.54) is 71.7 Å². The van der Waals surface area contributed by atoms with Gasteiger partial charge in [-0.2, -0.15) is 4.37 Å². The maximum absolute atomic E-state index is 13.3. The minimum absolute atomic E-state index is 0.0625. The third-order valence-corrected chi connectivity index (χ3v) is 9.29. The molecular weight excluding hydrogens is 593 g/mol. The number of thiazole rings is 1. The number of fused-ring (bicyclic) bond motifs is 1. The van der Waals surface area contributed by atoms with Gasteiger partial charge < -0.3 is 23.7 Å². The molecule has 0 radical (unpaired) electrons. The van der Waals surface area contributed by atoms with E-state index in [1.54, 1.807) is 10.9 Å². The Morgan fingerprint density at radius 2 is 2.15 bits per heavy atom. The van der Waals surface area contributed by atoms with E-state index in [-0.39, 0.29) is 29.5 Å². The lowest BCUT2D eigenvalue weighted by Gasteiger charge is -2.49. The lowest BCUT2D eigenvalue weighted by molar-refractivity contribution is -0.153. The maximum Gasteiger partial charge on any atom is 0.519 e. The normalized spacial score (nSPS) is 19.0. The standard InChI is InChI=1S/C21H18N6O8S4/c1-9-12(35-21(31)34-9)3-33-19(30)15-10(5-38-20-22-7-24-39-20)4-37-18-14(17(29)27(15)18)25-16(28)13(26-32-2)11-6-36-8-23-11/h6-8,14,18H,3-5H2,1-2H3,(H,25,28)/b26-13+/t14?,18-/m1/s1. The second-order valence-electron chi connectivity index (χ2n) is 7.81. The topological polar surface area (TPSA) is 179 Å². The Morgan fingerprint density at radius 3 is 2.82 bits per heavy atom. The molecule has 0 aromatic carbocycles. The average molecular weight is 611 g/mol. The van der Waals surface area contributed by atoms with Crippen molar-refractivity contribution < 1.29 is 32.8 Å². The van der Waals surface area contributed by atoms with Crippen molar-refractivity contribution in [3.63, 3.8) is 0 Å². The first-order valence-corrected chi connectivity index (χ1v) is 14.8. The van der Waals surface area contributed by atoms with Crippen LogP contribution in [-0.2, 0) is 30.6 Å². The number of β-lactam (4-membered cyclic amide) rings is 1. The summed E-state index contributed by atoms with van der Waals surface area (Å²) in [4.78, 5) is 65.2. The molecule has 1 saturated heterocycles. The highest BCUT2D eigenvalue weighted by molar-refractivity contribution is 8.01. The van der Waals surface area contributed by atoms with Crippen LogP contribution in [0.25, 0.3) is 0 Å². The molecule has 2 aliphatic rings. The zero-order chi connectivity index (χ0) is 27.5. The highest BCUT2D eigenvalue weighted by atomic mass is 32.2. The summed E-state index contributed by atoms with van der Waals surface area (Å²) in [5.41, 5.74) is 2.49. The molecule has 2 atom stereocenters. The summed E-state index contributed by atoms with van der Waals surface area (Å²) in [6.07, 6.45) is 1.43. The molecule has 18 heteroatoms. The molecule has 0 aliphatic carbocycles. The second-order valence-corrected chi connectivity index (χ2v) is 11.6. The first kappa shape index (κ1) is 27.1. The number of thioether (sulfide) groups is 2. The molecule has 204 valence electrons. The van der Waals surface area contributed by atoms with E-state index >= 15 is 0 Å². The summed E-state index contributed by atoms with van der Waals surface area (Å²) < 4.78 is 19.8. The van der Waals surface area contributed by atoms with Gasteiger partial charge in [-0.25, -0.2) is 19.6 Å². The van der Waals surface area contributed by atoms with Crippen LogP contribution in [0.4, 0.5) is 0 Å². The fourth-order valence-electron chi connectivity index (χ4n) is 3.70. The molecule has 5 heterocycles. The number of carbonyl (C=O) groups excluding carboxylic acids is 3. The molecule has 1 fully saturated rings. The molecule has 0 saturated carbocycles. The van der Waals surface area contributed by atoms with Crippen LogP contribution in [0.1, 0.15) is 17.2 Å². The van der Waals surface area contributed by atoms with Crippen molar-refractivity contribution in [2.75, 3.05) is 18.6 Å². The molecule has 39 heavy (non-hydrogen) atoms. The van der Waals surface area contributed by atoms with Crippen LogP contribution >= 0.6 is 46.4 Å². The number of carbonyl (C=O) groups is 3. The van der Waals surface area contributed by atoms with E-state index in [9.17, 15) is 19.2 Å². The summed E-state index contributed by atoms with van der Waals surface area (Å²) >= 11 is 5.25. The third kappa shape index (κ3) is 5.63. The van der Waals surface area contributed by atoms with E-state index < -0.39 is 35.0 Å². The summed E-state index contributed by atoms with van der Waals surface area (Å²) in [5, 5.41) is 7.50. The molecule has 1 unspecified atom stereocenters. The van der Waals surface area contributed by atoms with Gasteiger partial charge in [0, 0.05) is 16.9 Å². The van der Waals surface area contributed by atoms with E-state index in [2.05, 4.69) is 24.8 Å². The van der Waals surface area contributed by atoms with Crippen LogP contribution in [0.5, 0.6) is 0 Å². The fraction of sp³-hybridized carbons (Fsp3) is 0.333. The highest BCUT2D eigenvalue weighted by Gasteiger charge is 2.54. The first-order chi connectivity index (χ1) is 18.9. The second kappa shape index (κ2) is 11.7. The Kier molecular flexibility index (Phi) is 8.15. The van der Waals surface area contributed by atoms with E-state index in [0.29, 0.717) is 27.1 Å². The van der Waals surface area contributed by atoms with Gasteiger partial charge in [0.2, 0.25) is 0 Å².